The van der Waals surface area contributed by atoms with Crippen LogP contribution in [0.25, 0.3) is 0 Å². The Kier molecular flexibility index (Phi) is 6.21. The molecule has 1 heterocycles. The molecule has 8 nitrogen and oxygen atoms in total. The number of nitrogens with one attached hydrogen (secondary N) is 2. The minimum atomic E-state index is -3.79. The van der Waals surface area contributed by atoms with E-state index in [4.69, 9.17) is 9.47 Å². The first-order valence-electron chi connectivity index (χ1n) is 9.58. The topological polar surface area (TPSA) is 107 Å². The number of thiazole rings is 1. The molecule has 0 amide bonds. The van der Waals surface area contributed by atoms with Crippen LogP contribution in [0.2, 0.25) is 0 Å². The van der Waals surface area contributed by atoms with Gasteiger partial charge in [0.25, 0.3) is 0 Å². The number of hydrogen-bond donors (Lipinski definition) is 2. The highest BCUT2D eigenvalue weighted by atomic mass is 32.2. The molecule has 1 aromatic heterocycles. The van der Waals surface area contributed by atoms with Crippen LogP contribution < -0.4 is 14.8 Å². The van der Waals surface area contributed by atoms with Crippen molar-refractivity contribution >= 4 is 38.1 Å². The van der Waals surface area contributed by atoms with Crippen LogP contribution in [0.5, 0.6) is 5.75 Å². The second-order valence-corrected chi connectivity index (χ2v) is 9.51. The van der Waals surface area contributed by atoms with Gasteiger partial charge in [0.05, 0.1) is 18.4 Å². The lowest BCUT2D eigenvalue weighted by Crippen LogP contribution is -2.26. The molecule has 0 atom stereocenters. The molecule has 4 rings (SSSR count). The molecule has 1 saturated carbocycles. The second kappa shape index (κ2) is 9.04. The lowest BCUT2D eigenvalue weighted by atomic mass is 10.2. The monoisotopic (exact) mass is 459 g/mol. The number of nitrogens with zero attached hydrogens (tertiary/aromatic N) is 1. The van der Waals surface area contributed by atoms with Crippen molar-refractivity contribution < 1.29 is 22.7 Å². The smallest absolute Gasteiger partial charge is 0.338 e. The number of sulfonamides is 1. The standard InChI is InChI=1S/C21H21N3O5S2/c1-28-18-10-7-14(11-19(18)31(26,27)24-16-8-9-16)20(25)29-12-17-13-30-21(23-17)22-15-5-3-2-4-6-15/h2-7,10-11,13,16,24H,8-9,12H2,1H3,(H,22,23). The number of ether oxygens (including phenoxy) is 2. The number of anilines is 2. The largest absolute Gasteiger partial charge is 0.495 e. The number of aromatic nitrogens is 1. The van der Waals surface area contributed by atoms with E-state index in [1.807, 2.05) is 30.3 Å². The van der Waals surface area contributed by atoms with Gasteiger partial charge in [0, 0.05) is 17.1 Å². The Labute approximate surface area is 184 Å². The van der Waals surface area contributed by atoms with Crippen LogP contribution in [-0.2, 0) is 21.4 Å². The van der Waals surface area contributed by atoms with Crippen LogP contribution in [-0.4, -0.2) is 32.5 Å². The van der Waals surface area contributed by atoms with Gasteiger partial charge in [-0.15, -0.1) is 11.3 Å². The zero-order valence-electron chi connectivity index (χ0n) is 16.7. The van der Waals surface area contributed by atoms with Crippen molar-refractivity contribution in [3.63, 3.8) is 0 Å². The fourth-order valence-corrected chi connectivity index (χ4v) is 5.01. The lowest BCUT2D eigenvalue weighted by molar-refractivity contribution is 0.0468. The van der Waals surface area contributed by atoms with E-state index in [9.17, 15) is 13.2 Å². The molecular formula is C21H21N3O5S2. The van der Waals surface area contributed by atoms with Gasteiger partial charge in [-0.1, -0.05) is 18.2 Å². The van der Waals surface area contributed by atoms with Crippen molar-refractivity contribution in [1.29, 1.82) is 0 Å². The Hall–Kier alpha value is -2.95. The van der Waals surface area contributed by atoms with Crippen molar-refractivity contribution in [3.05, 3.63) is 65.2 Å². The van der Waals surface area contributed by atoms with Crippen molar-refractivity contribution in [2.45, 2.75) is 30.4 Å². The van der Waals surface area contributed by atoms with Gasteiger partial charge >= 0.3 is 5.97 Å². The highest BCUT2D eigenvalue weighted by Gasteiger charge is 2.30. The summed E-state index contributed by atoms with van der Waals surface area (Å²) in [6.07, 6.45) is 1.61. The molecule has 3 aromatic rings. The molecule has 0 bridgehead atoms. The molecule has 1 aliphatic rings. The summed E-state index contributed by atoms with van der Waals surface area (Å²) >= 11 is 1.40. The highest BCUT2D eigenvalue weighted by Crippen LogP contribution is 2.29. The molecule has 0 aliphatic heterocycles. The van der Waals surface area contributed by atoms with E-state index in [2.05, 4.69) is 15.0 Å². The Morgan fingerprint density at radius 1 is 1.19 bits per heavy atom. The SMILES string of the molecule is COc1ccc(C(=O)OCc2csc(Nc3ccccc3)n2)cc1S(=O)(=O)NC1CC1. The second-order valence-electron chi connectivity index (χ2n) is 6.97. The number of benzene rings is 2. The average Bonchev–Trinajstić information content (AvgIpc) is 3.47. The van der Waals surface area contributed by atoms with Crippen molar-refractivity contribution in [2.24, 2.45) is 0 Å². The average molecular weight is 460 g/mol. The maximum Gasteiger partial charge on any atom is 0.338 e. The summed E-state index contributed by atoms with van der Waals surface area (Å²) in [4.78, 5) is 16.8. The molecule has 2 aromatic carbocycles. The number of hydrogen-bond acceptors (Lipinski definition) is 8. The summed E-state index contributed by atoms with van der Waals surface area (Å²) in [6, 6.07) is 13.7. The number of methoxy groups -OCH3 is 1. The zero-order chi connectivity index (χ0) is 21.8. The zero-order valence-corrected chi connectivity index (χ0v) is 18.3. The summed E-state index contributed by atoms with van der Waals surface area (Å²) in [6.45, 7) is -0.0275. The van der Waals surface area contributed by atoms with E-state index in [1.165, 1.54) is 36.6 Å². The number of esters is 1. The van der Waals surface area contributed by atoms with Gasteiger partial charge in [-0.25, -0.2) is 22.9 Å². The van der Waals surface area contributed by atoms with E-state index < -0.39 is 16.0 Å². The fraction of sp³-hybridized carbons (Fsp3) is 0.238. The van der Waals surface area contributed by atoms with Crippen LogP contribution in [0.3, 0.4) is 0 Å². The van der Waals surface area contributed by atoms with E-state index in [0.717, 1.165) is 18.5 Å². The molecule has 10 heteroatoms. The minimum absolute atomic E-state index is 0.0275. The molecule has 0 saturated heterocycles. The van der Waals surface area contributed by atoms with Gasteiger partial charge in [0.2, 0.25) is 10.0 Å². The molecular weight excluding hydrogens is 438 g/mol. The Bertz CT molecular complexity index is 1170. The predicted molar refractivity (Wildman–Crippen MR) is 117 cm³/mol. The lowest BCUT2D eigenvalue weighted by Gasteiger charge is -2.12. The van der Waals surface area contributed by atoms with Crippen molar-refractivity contribution in [2.75, 3.05) is 12.4 Å². The van der Waals surface area contributed by atoms with Crippen LogP contribution in [0, 0.1) is 0 Å². The summed E-state index contributed by atoms with van der Waals surface area (Å²) in [5, 5.41) is 5.66. The number of carbonyl (C=O) groups is 1. The van der Waals surface area contributed by atoms with Crippen LogP contribution in [0.1, 0.15) is 28.9 Å². The third-order valence-corrected chi connectivity index (χ3v) is 6.86. The highest BCUT2D eigenvalue weighted by molar-refractivity contribution is 7.89. The quantitative estimate of drug-likeness (QED) is 0.470. The van der Waals surface area contributed by atoms with Gasteiger partial charge < -0.3 is 14.8 Å². The molecule has 2 N–H and O–H groups in total. The summed E-state index contributed by atoms with van der Waals surface area (Å²) in [5.74, 6) is -0.475. The molecule has 0 unspecified atom stereocenters. The summed E-state index contributed by atoms with van der Waals surface area (Å²) in [5.41, 5.74) is 1.62. The van der Waals surface area contributed by atoms with E-state index >= 15 is 0 Å². The molecule has 31 heavy (non-hydrogen) atoms. The molecule has 0 radical (unpaired) electrons. The van der Waals surface area contributed by atoms with Crippen LogP contribution >= 0.6 is 11.3 Å². The van der Waals surface area contributed by atoms with Gasteiger partial charge in [-0.3, -0.25) is 0 Å². The van der Waals surface area contributed by atoms with E-state index in [1.54, 1.807) is 5.38 Å². The minimum Gasteiger partial charge on any atom is -0.495 e. The van der Waals surface area contributed by atoms with Gasteiger partial charge in [-0.2, -0.15) is 0 Å². The third-order valence-electron chi connectivity index (χ3n) is 4.52. The predicted octanol–water partition coefficient (Wildman–Crippen LogP) is 3.69. The fourth-order valence-electron chi connectivity index (χ4n) is 2.80. The first kappa shape index (κ1) is 21.3. The maximum absolute atomic E-state index is 12.6. The van der Waals surface area contributed by atoms with Crippen molar-refractivity contribution in [3.8, 4) is 5.75 Å². The number of rotatable bonds is 9. The van der Waals surface area contributed by atoms with E-state index in [0.29, 0.717) is 10.8 Å². The molecule has 1 aliphatic carbocycles. The van der Waals surface area contributed by atoms with Crippen LogP contribution in [0.4, 0.5) is 10.8 Å². The van der Waals surface area contributed by atoms with Gasteiger partial charge in [-0.05, 0) is 43.2 Å². The maximum atomic E-state index is 12.6. The van der Waals surface area contributed by atoms with Crippen molar-refractivity contribution in [1.82, 2.24) is 9.71 Å². The third kappa shape index (κ3) is 5.40. The van der Waals surface area contributed by atoms with E-state index in [-0.39, 0.29) is 28.9 Å². The number of para-hydroxylation sites is 1. The van der Waals surface area contributed by atoms with Gasteiger partial charge in [0.15, 0.2) is 5.13 Å². The first-order chi connectivity index (χ1) is 14.9. The van der Waals surface area contributed by atoms with Crippen LogP contribution in [0.15, 0.2) is 58.8 Å². The molecule has 162 valence electrons. The summed E-state index contributed by atoms with van der Waals surface area (Å²) < 4.78 is 38.3. The summed E-state index contributed by atoms with van der Waals surface area (Å²) in [7, 11) is -2.41. The number of carbonyl (C=O) groups excluding carboxylic acids is 1. The molecule has 1 fully saturated rings. The Balaban J connectivity index is 1.42. The first-order valence-corrected chi connectivity index (χ1v) is 11.9. The Morgan fingerprint density at radius 2 is 1.97 bits per heavy atom. The Morgan fingerprint density at radius 3 is 2.68 bits per heavy atom. The molecule has 0 spiro atoms. The van der Waals surface area contributed by atoms with Gasteiger partial charge in [0.1, 0.15) is 17.3 Å². The normalized spacial score (nSPS) is 13.6.